The zero-order valence-corrected chi connectivity index (χ0v) is 15.1. The summed E-state index contributed by atoms with van der Waals surface area (Å²) < 4.78 is 11.8. The number of hydrogen-bond donors (Lipinski definition) is 2. The molecule has 0 bridgehead atoms. The Balaban J connectivity index is 1.49. The van der Waals surface area contributed by atoms with Crippen molar-refractivity contribution in [3.8, 4) is 0 Å². The van der Waals surface area contributed by atoms with E-state index in [1.807, 2.05) is 0 Å². The summed E-state index contributed by atoms with van der Waals surface area (Å²) in [5.41, 5.74) is 3.12. The Morgan fingerprint density at radius 3 is 2.60 bits per heavy atom. The van der Waals surface area contributed by atoms with Crippen LogP contribution in [0.3, 0.4) is 0 Å². The summed E-state index contributed by atoms with van der Waals surface area (Å²) in [5, 5.41) is 24.5. The smallest absolute Gasteiger partial charge is 0.171 e. The molecule has 25 heavy (non-hydrogen) atoms. The molecule has 1 saturated heterocycles. The Kier molecular flexibility index (Phi) is 3.45. The summed E-state index contributed by atoms with van der Waals surface area (Å²) in [5.74, 6) is 0.570. The zero-order valence-electron chi connectivity index (χ0n) is 15.1. The van der Waals surface area contributed by atoms with Crippen LogP contribution in [0.5, 0.6) is 0 Å². The number of hydrogen-bond acceptors (Lipinski definition) is 5. The van der Waals surface area contributed by atoms with Gasteiger partial charge in [-0.15, -0.1) is 0 Å². The number of ether oxygens (including phenoxy) is 2. The van der Waals surface area contributed by atoms with Gasteiger partial charge in [-0.1, -0.05) is 17.7 Å². The van der Waals surface area contributed by atoms with E-state index in [4.69, 9.17) is 9.47 Å². The Bertz CT molecular complexity index is 650. The number of aliphatic hydroxyl groups is 1. The predicted molar refractivity (Wildman–Crippen MR) is 92.5 cm³/mol. The van der Waals surface area contributed by atoms with Crippen LogP contribution in [-0.2, 0) is 9.47 Å². The summed E-state index contributed by atoms with van der Waals surface area (Å²) >= 11 is 0. The van der Waals surface area contributed by atoms with Gasteiger partial charge in [-0.25, -0.2) is 0 Å². The maximum absolute atomic E-state index is 11.5. The van der Waals surface area contributed by atoms with Crippen LogP contribution in [0.25, 0.3) is 0 Å². The molecule has 4 aliphatic carbocycles. The third-order valence-electron chi connectivity index (χ3n) is 8.09. The summed E-state index contributed by atoms with van der Waals surface area (Å²) in [4.78, 5) is 0. The first kappa shape index (κ1) is 16.3. The molecule has 0 amide bonds. The molecule has 138 valence electrons. The van der Waals surface area contributed by atoms with Crippen molar-refractivity contribution in [2.75, 3.05) is 13.2 Å². The fourth-order valence-corrected chi connectivity index (χ4v) is 6.85. The molecular weight excluding hydrogens is 318 g/mol. The lowest BCUT2D eigenvalue weighted by atomic mass is 9.55. The van der Waals surface area contributed by atoms with Gasteiger partial charge in [0.1, 0.15) is 0 Å². The fourth-order valence-electron chi connectivity index (χ4n) is 6.85. The van der Waals surface area contributed by atoms with Gasteiger partial charge in [-0.2, -0.15) is 0 Å². The standard InChI is InChI=1S/C20H29NO4/c1-18-7-4-14-13(15(18)2-3-17(18)21-23)5-8-19(22)12-20(9-6-16(14)19)24-10-11-25-20/h13,15,22-23H,2-12H2,1H3/t13-,15+,18+,19-/m1/s1. The molecule has 0 aromatic heterocycles. The van der Waals surface area contributed by atoms with Gasteiger partial charge in [-0.05, 0) is 62.4 Å². The van der Waals surface area contributed by atoms with E-state index in [-0.39, 0.29) is 5.41 Å². The third-order valence-corrected chi connectivity index (χ3v) is 8.09. The van der Waals surface area contributed by atoms with Gasteiger partial charge in [0.25, 0.3) is 0 Å². The van der Waals surface area contributed by atoms with E-state index in [1.54, 1.807) is 0 Å². The van der Waals surface area contributed by atoms with Crippen molar-refractivity contribution >= 4 is 5.71 Å². The van der Waals surface area contributed by atoms with Crippen molar-refractivity contribution < 1.29 is 19.8 Å². The van der Waals surface area contributed by atoms with Crippen molar-refractivity contribution in [3.63, 3.8) is 0 Å². The van der Waals surface area contributed by atoms with Crippen molar-refractivity contribution in [1.29, 1.82) is 0 Å². The van der Waals surface area contributed by atoms with Gasteiger partial charge in [0.05, 0.1) is 24.5 Å². The summed E-state index contributed by atoms with van der Waals surface area (Å²) in [6, 6.07) is 0. The van der Waals surface area contributed by atoms with Crippen LogP contribution in [0.4, 0.5) is 0 Å². The molecule has 5 rings (SSSR count). The number of fused-ring (bicyclic) bond motifs is 4. The van der Waals surface area contributed by atoms with E-state index in [1.165, 1.54) is 11.1 Å². The normalized spacial score (nSPS) is 47.0. The molecule has 2 N–H and O–H groups in total. The Labute approximate surface area is 149 Å². The molecule has 5 heteroatoms. The largest absolute Gasteiger partial charge is 0.411 e. The summed E-state index contributed by atoms with van der Waals surface area (Å²) in [7, 11) is 0. The second-order valence-electron chi connectivity index (χ2n) is 9.07. The fraction of sp³-hybridized carbons (Fsp3) is 0.850. The topological polar surface area (TPSA) is 71.3 Å². The van der Waals surface area contributed by atoms with Crippen LogP contribution in [0.1, 0.15) is 64.7 Å². The maximum Gasteiger partial charge on any atom is 0.171 e. The first-order valence-electron chi connectivity index (χ1n) is 9.94. The summed E-state index contributed by atoms with van der Waals surface area (Å²) in [6.07, 6.45) is 8.31. The van der Waals surface area contributed by atoms with Gasteiger partial charge < -0.3 is 19.8 Å². The first-order valence-corrected chi connectivity index (χ1v) is 9.94. The lowest BCUT2D eigenvalue weighted by Gasteiger charge is -2.53. The minimum atomic E-state index is -0.741. The molecule has 5 aliphatic rings. The van der Waals surface area contributed by atoms with Crippen molar-refractivity contribution in [2.45, 2.75) is 76.1 Å². The molecule has 1 aliphatic heterocycles. The first-order chi connectivity index (χ1) is 12.0. The Hall–Kier alpha value is -0.910. The number of nitrogens with zero attached hydrogens (tertiary/aromatic N) is 1. The highest BCUT2D eigenvalue weighted by atomic mass is 16.7. The molecule has 4 atom stereocenters. The monoisotopic (exact) mass is 347 g/mol. The van der Waals surface area contributed by atoms with Crippen molar-refractivity contribution in [3.05, 3.63) is 11.1 Å². The van der Waals surface area contributed by atoms with Crippen LogP contribution >= 0.6 is 0 Å². The van der Waals surface area contributed by atoms with E-state index in [9.17, 15) is 10.3 Å². The molecule has 1 spiro atoms. The molecule has 0 aromatic rings. The van der Waals surface area contributed by atoms with Gasteiger partial charge >= 0.3 is 0 Å². The van der Waals surface area contributed by atoms with Gasteiger partial charge in [0, 0.05) is 18.3 Å². The molecule has 1 heterocycles. The zero-order chi connectivity index (χ0) is 17.3. The van der Waals surface area contributed by atoms with E-state index >= 15 is 0 Å². The lowest BCUT2D eigenvalue weighted by molar-refractivity contribution is -0.208. The average Bonchev–Trinajstić information content (AvgIpc) is 3.17. The van der Waals surface area contributed by atoms with Crippen LogP contribution in [-0.4, -0.2) is 40.6 Å². The molecule has 0 unspecified atom stereocenters. The average molecular weight is 347 g/mol. The highest BCUT2D eigenvalue weighted by Crippen LogP contribution is 2.61. The lowest BCUT2D eigenvalue weighted by Crippen LogP contribution is -2.52. The predicted octanol–water partition coefficient (Wildman–Crippen LogP) is 3.39. The van der Waals surface area contributed by atoms with Crippen LogP contribution in [0.15, 0.2) is 16.3 Å². The minimum absolute atomic E-state index is 0.0481. The molecule has 0 radical (unpaired) electrons. The molecule has 3 saturated carbocycles. The van der Waals surface area contributed by atoms with E-state index in [2.05, 4.69) is 12.1 Å². The van der Waals surface area contributed by atoms with E-state index < -0.39 is 11.4 Å². The Morgan fingerprint density at radius 1 is 1.04 bits per heavy atom. The number of allylic oxidation sites excluding steroid dienone is 1. The van der Waals surface area contributed by atoms with E-state index in [0.29, 0.717) is 31.5 Å². The third kappa shape index (κ3) is 2.15. The number of oxime groups is 1. The second kappa shape index (κ2) is 5.30. The molecule has 5 nitrogen and oxygen atoms in total. The molecule has 0 aromatic carbocycles. The van der Waals surface area contributed by atoms with Gasteiger partial charge in [0.2, 0.25) is 0 Å². The quantitative estimate of drug-likeness (QED) is 0.400. The SMILES string of the molecule is C[C@]12CCC3=C4CCC5(C[C@]4(O)CC[C@H]3[C@@H]1CCC2=NO)OCCO5. The maximum atomic E-state index is 11.5. The number of rotatable bonds is 0. The van der Waals surface area contributed by atoms with Crippen LogP contribution in [0, 0.1) is 17.3 Å². The van der Waals surface area contributed by atoms with Gasteiger partial charge in [-0.3, -0.25) is 0 Å². The minimum Gasteiger partial charge on any atom is -0.411 e. The second-order valence-corrected chi connectivity index (χ2v) is 9.07. The van der Waals surface area contributed by atoms with Gasteiger partial charge in [0.15, 0.2) is 5.79 Å². The van der Waals surface area contributed by atoms with Crippen LogP contribution in [0.2, 0.25) is 0 Å². The van der Waals surface area contributed by atoms with Crippen molar-refractivity contribution in [2.24, 2.45) is 22.4 Å². The Morgan fingerprint density at radius 2 is 1.84 bits per heavy atom. The molecule has 4 fully saturated rings. The highest BCUT2D eigenvalue weighted by molar-refractivity contribution is 5.92. The van der Waals surface area contributed by atoms with E-state index in [0.717, 1.165) is 57.1 Å². The summed E-state index contributed by atoms with van der Waals surface area (Å²) in [6.45, 7) is 3.58. The molecular formula is C20H29NO4. The van der Waals surface area contributed by atoms with Crippen LogP contribution < -0.4 is 0 Å². The highest BCUT2D eigenvalue weighted by Gasteiger charge is 2.57. The van der Waals surface area contributed by atoms with Crippen molar-refractivity contribution in [1.82, 2.24) is 0 Å².